The topological polar surface area (TPSA) is 72.8 Å². The van der Waals surface area contributed by atoms with Crippen LogP contribution in [-0.4, -0.2) is 17.0 Å². The number of hydrogen-bond acceptors (Lipinski definition) is 5. The predicted octanol–water partition coefficient (Wildman–Crippen LogP) is 2.29. The Hall–Kier alpha value is -2.82. The Bertz CT molecular complexity index is 589. The molecule has 0 unspecified atom stereocenters. The molecule has 0 spiro atoms. The second kappa shape index (κ2) is 6.38. The molecule has 0 radical (unpaired) electrons. The Morgan fingerprint density at radius 1 is 0.800 bits per heavy atom. The van der Waals surface area contributed by atoms with Crippen LogP contribution in [-0.2, 0) is 9.59 Å². The van der Waals surface area contributed by atoms with Gasteiger partial charge in [0.1, 0.15) is 23.7 Å². The summed E-state index contributed by atoms with van der Waals surface area (Å²) in [6.45, 7) is 0. The normalized spacial score (nSPS) is 9.80. The maximum Gasteiger partial charge on any atom is 0.322 e. The lowest BCUT2D eigenvalue weighted by atomic mass is 10.3. The van der Waals surface area contributed by atoms with E-state index in [0.29, 0.717) is 5.75 Å². The molecular weight excluding hydrogens is 260 g/mol. The first-order valence-corrected chi connectivity index (χ1v) is 5.89. The van der Waals surface area contributed by atoms with E-state index >= 15 is 0 Å². The van der Waals surface area contributed by atoms with Crippen molar-refractivity contribution in [1.82, 2.24) is 0 Å². The molecule has 0 saturated heterocycles. The number of ether oxygens (including phenoxy) is 2. The van der Waals surface area contributed by atoms with Crippen molar-refractivity contribution >= 4 is 11.9 Å². The van der Waals surface area contributed by atoms with Crippen molar-refractivity contribution in [2.75, 3.05) is 0 Å². The van der Waals surface area contributed by atoms with Crippen molar-refractivity contribution in [3.05, 3.63) is 54.6 Å². The maximum absolute atomic E-state index is 11.5. The molecule has 2 rings (SSSR count). The van der Waals surface area contributed by atoms with Crippen LogP contribution in [0, 0.1) is 0 Å². The van der Waals surface area contributed by atoms with Crippen LogP contribution in [0.15, 0.2) is 54.6 Å². The van der Waals surface area contributed by atoms with E-state index in [1.807, 2.05) is 0 Å². The largest absolute Gasteiger partial charge is 0.508 e. The number of esters is 2. The fourth-order valence-electron chi connectivity index (χ4n) is 1.46. The second-order valence-corrected chi connectivity index (χ2v) is 3.93. The highest BCUT2D eigenvalue weighted by molar-refractivity contribution is 5.93. The maximum atomic E-state index is 11.5. The Balaban J connectivity index is 1.85. The SMILES string of the molecule is O=C(CC(=O)Oc1ccc(O)cc1)Oc1ccccc1. The van der Waals surface area contributed by atoms with Crippen LogP contribution >= 0.6 is 0 Å². The number of phenolic OH excluding ortho intramolecular Hbond substituents is 1. The van der Waals surface area contributed by atoms with Crippen molar-refractivity contribution in [3.63, 3.8) is 0 Å². The molecule has 1 N–H and O–H groups in total. The summed E-state index contributed by atoms with van der Waals surface area (Å²) in [4.78, 5) is 23.0. The third-order valence-corrected chi connectivity index (χ3v) is 2.33. The summed E-state index contributed by atoms with van der Waals surface area (Å²) in [5.74, 6) is -0.736. The molecule has 2 aromatic rings. The van der Waals surface area contributed by atoms with Gasteiger partial charge in [0.15, 0.2) is 0 Å². The van der Waals surface area contributed by atoms with Crippen LogP contribution in [0.3, 0.4) is 0 Å². The Morgan fingerprint density at radius 3 is 1.85 bits per heavy atom. The molecule has 0 heterocycles. The standard InChI is InChI=1S/C15H12O5/c16-11-6-8-13(9-7-11)20-15(18)10-14(17)19-12-4-2-1-3-5-12/h1-9,16H,10H2. The van der Waals surface area contributed by atoms with Gasteiger partial charge in [0.2, 0.25) is 0 Å². The fourth-order valence-corrected chi connectivity index (χ4v) is 1.46. The third-order valence-electron chi connectivity index (χ3n) is 2.33. The molecular formula is C15H12O5. The average molecular weight is 272 g/mol. The molecule has 0 amide bonds. The molecule has 2 aromatic carbocycles. The van der Waals surface area contributed by atoms with Gasteiger partial charge < -0.3 is 14.6 Å². The first kappa shape index (κ1) is 13.6. The monoisotopic (exact) mass is 272 g/mol. The average Bonchev–Trinajstić information content (AvgIpc) is 2.42. The molecule has 0 aliphatic heterocycles. The van der Waals surface area contributed by atoms with Crippen molar-refractivity contribution < 1.29 is 24.2 Å². The quantitative estimate of drug-likeness (QED) is 0.525. The van der Waals surface area contributed by atoms with Gasteiger partial charge in [-0.2, -0.15) is 0 Å². The van der Waals surface area contributed by atoms with Crippen LogP contribution in [0.1, 0.15) is 6.42 Å². The number of phenols is 1. The minimum atomic E-state index is -0.725. The van der Waals surface area contributed by atoms with E-state index in [2.05, 4.69) is 0 Å². The van der Waals surface area contributed by atoms with Gasteiger partial charge >= 0.3 is 11.9 Å². The van der Waals surface area contributed by atoms with Crippen molar-refractivity contribution in [1.29, 1.82) is 0 Å². The molecule has 5 nitrogen and oxygen atoms in total. The third kappa shape index (κ3) is 4.13. The van der Waals surface area contributed by atoms with E-state index in [1.165, 1.54) is 24.3 Å². The van der Waals surface area contributed by atoms with Gasteiger partial charge in [0.05, 0.1) is 0 Å². The van der Waals surface area contributed by atoms with Crippen LogP contribution in [0.4, 0.5) is 0 Å². The number of rotatable bonds is 4. The molecule has 5 heteroatoms. The Kier molecular flexibility index (Phi) is 4.34. The van der Waals surface area contributed by atoms with Gasteiger partial charge in [-0.3, -0.25) is 9.59 Å². The summed E-state index contributed by atoms with van der Waals surface area (Å²) >= 11 is 0. The van der Waals surface area contributed by atoms with E-state index in [0.717, 1.165) is 0 Å². The minimum absolute atomic E-state index is 0.0632. The van der Waals surface area contributed by atoms with Crippen LogP contribution in [0.5, 0.6) is 17.2 Å². The number of carbonyl (C=O) groups is 2. The van der Waals surface area contributed by atoms with Gasteiger partial charge in [-0.05, 0) is 36.4 Å². The fraction of sp³-hybridized carbons (Fsp3) is 0.0667. The summed E-state index contributed by atoms with van der Waals surface area (Å²) in [7, 11) is 0. The molecule has 0 saturated carbocycles. The highest BCUT2D eigenvalue weighted by Crippen LogP contribution is 2.16. The smallest absolute Gasteiger partial charge is 0.322 e. The van der Waals surface area contributed by atoms with Gasteiger partial charge in [-0.25, -0.2) is 0 Å². The molecule has 102 valence electrons. The van der Waals surface area contributed by atoms with E-state index in [4.69, 9.17) is 14.6 Å². The van der Waals surface area contributed by atoms with Gasteiger partial charge in [-0.15, -0.1) is 0 Å². The number of carbonyl (C=O) groups excluding carboxylic acids is 2. The first-order valence-electron chi connectivity index (χ1n) is 5.89. The molecule has 0 aliphatic carbocycles. The summed E-state index contributed by atoms with van der Waals surface area (Å²) < 4.78 is 9.89. The van der Waals surface area contributed by atoms with E-state index in [1.54, 1.807) is 30.3 Å². The molecule has 0 atom stereocenters. The molecule has 0 aromatic heterocycles. The summed E-state index contributed by atoms with van der Waals surface area (Å²) in [6, 6.07) is 14.1. The van der Waals surface area contributed by atoms with Crippen molar-refractivity contribution in [3.8, 4) is 17.2 Å². The lowest BCUT2D eigenvalue weighted by molar-refractivity contribution is -0.144. The van der Waals surface area contributed by atoms with Gasteiger partial charge in [-0.1, -0.05) is 18.2 Å². The molecule has 0 bridgehead atoms. The minimum Gasteiger partial charge on any atom is -0.508 e. The van der Waals surface area contributed by atoms with Crippen LogP contribution in [0.25, 0.3) is 0 Å². The molecule has 0 fully saturated rings. The van der Waals surface area contributed by atoms with E-state index < -0.39 is 18.4 Å². The Morgan fingerprint density at radius 2 is 1.30 bits per heavy atom. The summed E-state index contributed by atoms with van der Waals surface area (Å²) in [6.07, 6.45) is -0.490. The second-order valence-electron chi connectivity index (χ2n) is 3.93. The van der Waals surface area contributed by atoms with Crippen molar-refractivity contribution in [2.24, 2.45) is 0 Å². The van der Waals surface area contributed by atoms with Gasteiger partial charge in [0.25, 0.3) is 0 Å². The van der Waals surface area contributed by atoms with Gasteiger partial charge in [0, 0.05) is 0 Å². The summed E-state index contributed by atoms with van der Waals surface area (Å²) in [5.41, 5.74) is 0. The lowest BCUT2D eigenvalue weighted by Crippen LogP contribution is -2.18. The zero-order valence-corrected chi connectivity index (χ0v) is 10.5. The van der Waals surface area contributed by atoms with Crippen molar-refractivity contribution in [2.45, 2.75) is 6.42 Å². The number of para-hydroxylation sites is 1. The number of hydrogen-bond donors (Lipinski definition) is 1. The number of benzene rings is 2. The van der Waals surface area contributed by atoms with Crippen LogP contribution < -0.4 is 9.47 Å². The predicted molar refractivity (Wildman–Crippen MR) is 70.4 cm³/mol. The van der Waals surface area contributed by atoms with E-state index in [-0.39, 0.29) is 11.5 Å². The summed E-state index contributed by atoms with van der Waals surface area (Å²) in [5, 5.41) is 9.09. The van der Waals surface area contributed by atoms with Crippen LogP contribution in [0.2, 0.25) is 0 Å². The van der Waals surface area contributed by atoms with E-state index in [9.17, 15) is 9.59 Å². The zero-order valence-electron chi connectivity index (χ0n) is 10.5. The molecule has 20 heavy (non-hydrogen) atoms. The Labute approximate surface area is 115 Å². The molecule has 0 aliphatic rings. The highest BCUT2D eigenvalue weighted by Gasteiger charge is 2.13. The first-order chi connectivity index (χ1) is 9.63. The zero-order chi connectivity index (χ0) is 14.4. The highest BCUT2D eigenvalue weighted by atomic mass is 16.6. The number of aromatic hydroxyl groups is 1. The lowest BCUT2D eigenvalue weighted by Gasteiger charge is -2.05.